The van der Waals surface area contributed by atoms with Gasteiger partial charge in [0.2, 0.25) is 0 Å². The predicted molar refractivity (Wildman–Crippen MR) is 98.2 cm³/mol. The molecule has 1 heterocycles. The number of ether oxygens (including phenoxy) is 1. The number of fused-ring (bicyclic) bond motifs is 1. The van der Waals surface area contributed by atoms with Gasteiger partial charge in [0.25, 0.3) is 5.91 Å². The Labute approximate surface area is 150 Å². The van der Waals surface area contributed by atoms with E-state index in [-0.39, 0.29) is 11.7 Å². The maximum absolute atomic E-state index is 14.3. The Morgan fingerprint density at radius 3 is 2.77 bits per heavy atom. The number of methoxy groups -OCH3 is 1. The second-order valence-corrected chi connectivity index (χ2v) is 5.93. The summed E-state index contributed by atoms with van der Waals surface area (Å²) in [5.74, 6) is -1.15. The summed E-state index contributed by atoms with van der Waals surface area (Å²) in [5, 5.41) is 5.52. The average molecular weight is 359 g/mol. The summed E-state index contributed by atoms with van der Waals surface area (Å²) in [6, 6.07) is 8.81. The van der Waals surface area contributed by atoms with Gasteiger partial charge >= 0.3 is 0 Å². The van der Waals surface area contributed by atoms with Crippen molar-refractivity contribution in [2.45, 2.75) is 0 Å². The molecule has 0 aliphatic carbocycles. The van der Waals surface area contributed by atoms with Gasteiger partial charge in [0.15, 0.2) is 0 Å². The van der Waals surface area contributed by atoms with Gasteiger partial charge in [-0.2, -0.15) is 0 Å². The van der Waals surface area contributed by atoms with Crippen molar-refractivity contribution in [2.75, 3.05) is 42.8 Å². The summed E-state index contributed by atoms with van der Waals surface area (Å²) < 4.78 is 32.6. The van der Waals surface area contributed by atoms with E-state index in [1.165, 1.54) is 30.5 Å². The molecule has 0 fully saturated rings. The van der Waals surface area contributed by atoms with E-state index in [2.05, 4.69) is 10.6 Å². The Bertz CT molecular complexity index is 868. The lowest BCUT2D eigenvalue weighted by Gasteiger charge is -2.19. The highest BCUT2D eigenvalue weighted by Crippen LogP contribution is 2.32. The van der Waals surface area contributed by atoms with Gasteiger partial charge in [-0.1, -0.05) is 0 Å². The van der Waals surface area contributed by atoms with Crippen molar-refractivity contribution in [2.24, 2.45) is 0 Å². The lowest BCUT2D eigenvalue weighted by Crippen LogP contribution is -2.23. The minimum absolute atomic E-state index is 0.338. The summed E-state index contributed by atoms with van der Waals surface area (Å²) in [6.45, 7) is 1.06. The number of halogens is 2. The number of rotatable bonds is 6. The molecular weight excluding hydrogens is 340 g/mol. The smallest absolute Gasteiger partial charge is 0.257 e. The molecule has 1 amide bonds. The highest BCUT2D eigenvalue weighted by molar-refractivity contribution is 6.31. The summed E-state index contributed by atoms with van der Waals surface area (Å²) in [7, 11) is 3.38. The largest absolute Gasteiger partial charge is 0.383 e. The Morgan fingerprint density at radius 1 is 1.23 bits per heavy atom. The molecule has 0 aromatic heterocycles. The van der Waals surface area contributed by atoms with E-state index in [4.69, 9.17) is 4.74 Å². The number of carbonyl (C=O) groups is 1. The van der Waals surface area contributed by atoms with Crippen LogP contribution in [-0.2, 0) is 9.53 Å². The van der Waals surface area contributed by atoms with Crippen LogP contribution >= 0.6 is 0 Å². The van der Waals surface area contributed by atoms with Gasteiger partial charge < -0.3 is 20.3 Å². The van der Waals surface area contributed by atoms with Crippen LogP contribution in [0, 0.1) is 11.6 Å². The summed E-state index contributed by atoms with van der Waals surface area (Å²) >= 11 is 0. The Kier molecular flexibility index (Phi) is 5.18. The van der Waals surface area contributed by atoms with E-state index >= 15 is 0 Å². The summed E-state index contributed by atoms with van der Waals surface area (Å²) in [5.41, 5.74) is 2.34. The summed E-state index contributed by atoms with van der Waals surface area (Å²) in [4.78, 5) is 13.8. The van der Waals surface area contributed by atoms with Crippen LogP contribution in [0.5, 0.6) is 0 Å². The highest BCUT2D eigenvalue weighted by Gasteiger charge is 2.24. The first-order valence-corrected chi connectivity index (χ1v) is 8.07. The Morgan fingerprint density at radius 2 is 2.04 bits per heavy atom. The van der Waals surface area contributed by atoms with E-state index in [1.807, 2.05) is 0 Å². The van der Waals surface area contributed by atoms with Gasteiger partial charge in [0.1, 0.15) is 11.6 Å². The highest BCUT2D eigenvalue weighted by atomic mass is 19.1. The molecule has 1 aliphatic rings. The zero-order valence-electron chi connectivity index (χ0n) is 14.5. The van der Waals surface area contributed by atoms with Gasteiger partial charge in [-0.3, -0.25) is 4.79 Å². The van der Waals surface area contributed by atoms with E-state index in [0.29, 0.717) is 41.4 Å². The SMILES string of the molecule is COCCN(C)c1ccc(NC=C2C(=O)Nc3cc(F)ccc32)cc1F. The molecule has 136 valence electrons. The van der Waals surface area contributed by atoms with Crippen LogP contribution in [-0.4, -0.2) is 33.2 Å². The van der Waals surface area contributed by atoms with Crippen LogP contribution in [0.25, 0.3) is 5.57 Å². The van der Waals surface area contributed by atoms with Crippen LogP contribution in [0.3, 0.4) is 0 Å². The number of hydrogen-bond acceptors (Lipinski definition) is 4. The molecule has 2 aromatic rings. The molecule has 5 nitrogen and oxygen atoms in total. The standard InChI is InChI=1S/C19H19F2N3O2/c1-24(7-8-26-2)18-6-4-13(10-16(18)21)22-11-15-14-5-3-12(20)9-17(14)23-19(15)25/h3-6,9-11,22H,7-8H2,1-2H3,(H,23,25). The molecule has 0 unspecified atom stereocenters. The van der Waals surface area contributed by atoms with Gasteiger partial charge in [0, 0.05) is 38.2 Å². The van der Waals surface area contributed by atoms with Gasteiger partial charge in [-0.15, -0.1) is 0 Å². The number of nitrogens with one attached hydrogen (secondary N) is 2. The fraction of sp³-hybridized carbons (Fsp3) is 0.211. The lowest BCUT2D eigenvalue weighted by atomic mass is 10.1. The molecule has 3 rings (SSSR count). The van der Waals surface area contributed by atoms with Crippen molar-refractivity contribution in [3.05, 3.63) is 59.8 Å². The molecule has 7 heteroatoms. The number of hydrogen-bond donors (Lipinski definition) is 2. The molecule has 0 radical (unpaired) electrons. The van der Waals surface area contributed by atoms with Crippen LogP contribution in [0.1, 0.15) is 5.56 Å². The Balaban J connectivity index is 1.77. The van der Waals surface area contributed by atoms with Gasteiger partial charge in [-0.25, -0.2) is 8.78 Å². The molecule has 0 atom stereocenters. The molecule has 0 bridgehead atoms. The van der Waals surface area contributed by atoms with E-state index in [0.717, 1.165) is 0 Å². The lowest BCUT2D eigenvalue weighted by molar-refractivity contribution is -0.110. The normalized spacial score (nSPS) is 14.3. The van der Waals surface area contributed by atoms with E-state index in [9.17, 15) is 13.6 Å². The number of amides is 1. The zero-order chi connectivity index (χ0) is 18.7. The van der Waals surface area contributed by atoms with Crippen molar-refractivity contribution >= 4 is 28.5 Å². The van der Waals surface area contributed by atoms with Crippen molar-refractivity contribution < 1.29 is 18.3 Å². The maximum atomic E-state index is 14.3. The van der Waals surface area contributed by atoms with Crippen molar-refractivity contribution in [3.8, 4) is 0 Å². The first-order chi connectivity index (χ1) is 12.5. The quantitative estimate of drug-likeness (QED) is 0.776. The second kappa shape index (κ2) is 7.53. The first-order valence-electron chi connectivity index (χ1n) is 8.07. The fourth-order valence-electron chi connectivity index (χ4n) is 2.72. The number of likely N-dealkylation sites (N-methyl/N-ethyl adjacent to an activating group) is 1. The molecule has 0 spiro atoms. The van der Waals surface area contributed by atoms with Crippen molar-refractivity contribution in [3.63, 3.8) is 0 Å². The number of carbonyl (C=O) groups excluding carboxylic acids is 1. The summed E-state index contributed by atoms with van der Waals surface area (Å²) in [6.07, 6.45) is 1.49. The van der Waals surface area contributed by atoms with Gasteiger partial charge in [0.05, 0.1) is 23.6 Å². The molecule has 26 heavy (non-hydrogen) atoms. The number of anilines is 3. The minimum atomic E-state index is -0.423. The fourth-order valence-corrected chi connectivity index (χ4v) is 2.72. The van der Waals surface area contributed by atoms with Crippen LogP contribution < -0.4 is 15.5 Å². The molecule has 2 aromatic carbocycles. The first kappa shape index (κ1) is 17.9. The second-order valence-electron chi connectivity index (χ2n) is 5.93. The monoisotopic (exact) mass is 359 g/mol. The third kappa shape index (κ3) is 3.67. The predicted octanol–water partition coefficient (Wildman–Crippen LogP) is 3.45. The molecular formula is C19H19F2N3O2. The van der Waals surface area contributed by atoms with E-state index < -0.39 is 5.82 Å². The molecule has 1 aliphatic heterocycles. The number of nitrogens with zero attached hydrogens (tertiary/aromatic N) is 1. The van der Waals surface area contributed by atoms with Crippen molar-refractivity contribution in [1.82, 2.24) is 0 Å². The van der Waals surface area contributed by atoms with Crippen LogP contribution in [0.2, 0.25) is 0 Å². The third-order valence-electron chi connectivity index (χ3n) is 4.14. The van der Waals surface area contributed by atoms with E-state index in [1.54, 1.807) is 31.2 Å². The molecule has 2 N–H and O–H groups in total. The maximum Gasteiger partial charge on any atom is 0.257 e. The third-order valence-corrected chi connectivity index (χ3v) is 4.14. The zero-order valence-corrected chi connectivity index (χ0v) is 14.5. The topological polar surface area (TPSA) is 53.6 Å². The molecule has 0 saturated heterocycles. The van der Waals surface area contributed by atoms with Crippen LogP contribution in [0.4, 0.5) is 25.8 Å². The minimum Gasteiger partial charge on any atom is -0.383 e. The Hall–Kier alpha value is -2.93. The average Bonchev–Trinajstić information content (AvgIpc) is 2.92. The van der Waals surface area contributed by atoms with Crippen molar-refractivity contribution in [1.29, 1.82) is 0 Å². The molecule has 0 saturated carbocycles. The number of benzene rings is 2. The van der Waals surface area contributed by atoms with Gasteiger partial charge in [-0.05, 0) is 36.4 Å². The van der Waals surface area contributed by atoms with Crippen LogP contribution in [0.15, 0.2) is 42.6 Å².